The van der Waals surface area contributed by atoms with Crippen molar-refractivity contribution in [3.63, 3.8) is 0 Å². The Morgan fingerprint density at radius 1 is 1.35 bits per heavy atom. The maximum atomic E-state index is 5.73. The van der Waals surface area contributed by atoms with E-state index in [-0.39, 0.29) is 0 Å². The van der Waals surface area contributed by atoms with Gasteiger partial charge in [-0.15, -0.1) is 11.3 Å². The van der Waals surface area contributed by atoms with E-state index >= 15 is 0 Å². The molecule has 1 unspecified atom stereocenters. The van der Waals surface area contributed by atoms with Crippen LogP contribution in [0.4, 0.5) is 0 Å². The molecule has 0 aliphatic heterocycles. The Bertz CT molecular complexity index is 416. The van der Waals surface area contributed by atoms with Gasteiger partial charge in [0.1, 0.15) is 12.4 Å². The lowest BCUT2D eigenvalue weighted by Gasteiger charge is -2.16. The second kappa shape index (κ2) is 6.37. The summed E-state index contributed by atoms with van der Waals surface area (Å²) in [5, 5.41) is 3.26. The molecule has 4 heteroatoms. The van der Waals surface area contributed by atoms with Gasteiger partial charge in [0, 0.05) is 23.5 Å². The highest BCUT2D eigenvalue weighted by molar-refractivity contribution is 7.09. The monoisotopic (exact) mass is 248 g/mol. The van der Waals surface area contributed by atoms with Gasteiger partial charge in [0.25, 0.3) is 0 Å². The molecule has 0 radical (unpaired) electrons. The van der Waals surface area contributed by atoms with Crippen LogP contribution in [0.5, 0.6) is 5.75 Å². The van der Waals surface area contributed by atoms with Crippen molar-refractivity contribution in [2.24, 2.45) is 0 Å². The Morgan fingerprint density at radius 2 is 2.18 bits per heavy atom. The van der Waals surface area contributed by atoms with Gasteiger partial charge in [0.05, 0.1) is 5.51 Å². The van der Waals surface area contributed by atoms with Crippen molar-refractivity contribution in [1.82, 2.24) is 10.3 Å². The second-order valence-electron chi connectivity index (χ2n) is 3.78. The predicted molar refractivity (Wildman–Crippen MR) is 70.6 cm³/mol. The molecule has 1 aromatic carbocycles. The van der Waals surface area contributed by atoms with E-state index < -0.39 is 0 Å². The number of benzene rings is 1. The lowest BCUT2D eigenvalue weighted by molar-refractivity contribution is 0.270. The van der Waals surface area contributed by atoms with Crippen molar-refractivity contribution >= 4 is 11.3 Å². The summed E-state index contributed by atoms with van der Waals surface area (Å²) in [5.74, 6) is 0.914. The average Bonchev–Trinajstić information content (AvgIpc) is 2.88. The number of aromatic nitrogens is 1. The van der Waals surface area contributed by atoms with Crippen LogP contribution >= 0.6 is 11.3 Å². The third-order valence-electron chi connectivity index (χ3n) is 2.53. The number of thiazole rings is 1. The number of likely N-dealkylation sites (N-methyl/N-ethyl adjacent to an activating group) is 1. The number of hydrogen-bond acceptors (Lipinski definition) is 4. The molecule has 1 heterocycles. The van der Waals surface area contributed by atoms with Crippen LogP contribution in [0.3, 0.4) is 0 Å². The average molecular weight is 248 g/mol. The molecule has 1 atom stereocenters. The summed E-state index contributed by atoms with van der Waals surface area (Å²) in [6.07, 6.45) is 2.87. The molecule has 90 valence electrons. The van der Waals surface area contributed by atoms with Gasteiger partial charge in [-0.1, -0.05) is 18.2 Å². The molecule has 0 aliphatic carbocycles. The summed E-state index contributed by atoms with van der Waals surface area (Å²) in [7, 11) is 1.96. The fraction of sp³-hybridized carbons (Fsp3) is 0.308. The van der Waals surface area contributed by atoms with Crippen LogP contribution in [0.1, 0.15) is 4.88 Å². The SMILES string of the molecule is CNC(COc1ccccc1)Cc1cncs1. The highest BCUT2D eigenvalue weighted by Gasteiger charge is 2.09. The van der Waals surface area contributed by atoms with Gasteiger partial charge < -0.3 is 10.1 Å². The topological polar surface area (TPSA) is 34.1 Å². The van der Waals surface area contributed by atoms with Crippen molar-refractivity contribution < 1.29 is 4.74 Å². The Hall–Kier alpha value is -1.39. The third-order valence-corrected chi connectivity index (χ3v) is 3.34. The van der Waals surface area contributed by atoms with E-state index in [2.05, 4.69) is 10.3 Å². The van der Waals surface area contributed by atoms with E-state index in [1.54, 1.807) is 11.3 Å². The van der Waals surface area contributed by atoms with Crippen molar-refractivity contribution in [3.05, 3.63) is 46.9 Å². The molecule has 0 saturated heterocycles. The number of ether oxygens (including phenoxy) is 1. The molecule has 1 aromatic heterocycles. The van der Waals surface area contributed by atoms with E-state index in [1.165, 1.54) is 4.88 Å². The van der Waals surface area contributed by atoms with Crippen LogP contribution in [0, 0.1) is 0 Å². The van der Waals surface area contributed by atoms with Gasteiger partial charge in [0.2, 0.25) is 0 Å². The van der Waals surface area contributed by atoms with Crippen LogP contribution in [-0.4, -0.2) is 24.7 Å². The molecule has 0 amide bonds. The van der Waals surface area contributed by atoms with Gasteiger partial charge >= 0.3 is 0 Å². The summed E-state index contributed by atoms with van der Waals surface area (Å²) >= 11 is 1.68. The van der Waals surface area contributed by atoms with E-state index in [1.807, 2.05) is 49.1 Å². The molecule has 0 spiro atoms. The quantitative estimate of drug-likeness (QED) is 0.852. The Balaban J connectivity index is 1.84. The van der Waals surface area contributed by atoms with Crippen molar-refractivity contribution in [1.29, 1.82) is 0 Å². The first kappa shape index (κ1) is 12.1. The molecule has 3 nitrogen and oxygen atoms in total. The molecule has 0 bridgehead atoms. The molecular formula is C13H16N2OS. The molecular weight excluding hydrogens is 232 g/mol. The van der Waals surface area contributed by atoms with Crippen LogP contribution in [0.25, 0.3) is 0 Å². The van der Waals surface area contributed by atoms with Crippen molar-refractivity contribution in [3.8, 4) is 5.75 Å². The zero-order valence-corrected chi connectivity index (χ0v) is 10.6. The van der Waals surface area contributed by atoms with Crippen LogP contribution < -0.4 is 10.1 Å². The fourth-order valence-electron chi connectivity index (χ4n) is 1.54. The number of rotatable bonds is 6. The van der Waals surface area contributed by atoms with E-state index in [9.17, 15) is 0 Å². The third kappa shape index (κ3) is 3.84. The number of nitrogens with one attached hydrogen (secondary N) is 1. The van der Waals surface area contributed by atoms with Crippen LogP contribution in [0.2, 0.25) is 0 Å². The first-order valence-electron chi connectivity index (χ1n) is 5.61. The van der Waals surface area contributed by atoms with Crippen LogP contribution in [0.15, 0.2) is 42.0 Å². The molecule has 1 N–H and O–H groups in total. The molecule has 0 fully saturated rings. The zero-order chi connectivity index (χ0) is 11.9. The van der Waals surface area contributed by atoms with E-state index in [0.29, 0.717) is 12.6 Å². The fourth-order valence-corrected chi connectivity index (χ4v) is 2.22. The second-order valence-corrected chi connectivity index (χ2v) is 4.75. The van der Waals surface area contributed by atoms with Gasteiger partial charge in [-0.25, -0.2) is 0 Å². The first-order valence-corrected chi connectivity index (χ1v) is 6.49. The lowest BCUT2D eigenvalue weighted by Crippen LogP contribution is -2.33. The van der Waals surface area contributed by atoms with E-state index in [0.717, 1.165) is 12.2 Å². The van der Waals surface area contributed by atoms with Gasteiger partial charge in [-0.3, -0.25) is 4.98 Å². The summed E-state index contributed by atoms with van der Waals surface area (Å²) in [5.41, 5.74) is 1.86. The molecule has 2 aromatic rings. The van der Waals surface area contributed by atoms with Crippen LogP contribution in [-0.2, 0) is 6.42 Å². The summed E-state index contributed by atoms with van der Waals surface area (Å²) in [6, 6.07) is 10.2. The van der Waals surface area contributed by atoms with E-state index in [4.69, 9.17) is 4.74 Å². The molecule has 0 aliphatic rings. The lowest BCUT2D eigenvalue weighted by atomic mass is 10.2. The highest BCUT2D eigenvalue weighted by Crippen LogP contribution is 2.11. The van der Waals surface area contributed by atoms with Gasteiger partial charge in [0.15, 0.2) is 0 Å². The first-order chi connectivity index (χ1) is 8.38. The number of para-hydroxylation sites is 1. The smallest absolute Gasteiger partial charge is 0.119 e. The minimum Gasteiger partial charge on any atom is -0.492 e. The van der Waals surface area contributed by atoms with Crippen molar-refractivity contribution in [2.75, 3.05) is 13.7 Å². The minimum absolute atomic E-state index is 0.315. The van der Waals surface area contributed by atoms with Gasteiger partial charge in [-0.05, 0) is 19.2 Å². The molecule has 2 rings (SSSR count). The predicted octanol–water partition coefficient (Wildman–Crippen LogP) is 2.35. The Kier molecular flexibility index (Phi) is 4.53. The molecule has 0 saturated carbocycles. The summed E-state index contributed by atoms with van der Waals surface area (Å²) in [6.45, 7) is 0.665. The maximum absolute atomic E-state index is 5.73. The number of hydrogen-bond donors (Lipinski definition) is 1. The van der Waals surface area contributed by atoms with Gasteiger partial charge in [-0.2, -0.15) is 0 Å². The standard InChI is InChI=1S/C13H16N2OS/c1-14-11(7-13-8-15-10-17-13)9-16-12-5-3-2-4-6-12/h2-6,8,10-11,14H,7,9H2,1H3. The normalized spacial score (nSPS) is 12.3. The summed E-state index contributed by atoms with van der Waals surface area (Å²) in [4.78, 5) is 5.36. The van der Waals surface area contributed by atoms with Crippen molar-refractivity contribution in [2.45, 2.75) is 12.5 Å². The summed E-state index contributed by atoms with van der Waals surface area (Å²) < 4.78 is 5.73. The maximum Gasteiger partial charge on any atom is 0.119 e. The Labute approximate surface area is 105 Å². The zero-order valence-electron chi connectivity index (χ0n) is 9.80. The largest absolute Gasteiger partial charge is 0.492 e. The molecule has 17 heavy (non-hydrogen) atoms. The minimum atomic E-state index is 0.315. The highest BCUT2D eigenvalue weighted by atomic mass is 32.1. The Morgan fingerprint density at radius 3 is 2.82 bits per heavy atom. The number of nitrogens with zero attached hydrogens (tertiary/aromatic N) is 1.